The van der Waals surface area contributed by atoms with Gasteiger partial charge in [-0.25, -0.2) is 19.7 Å². The zero-order chi connectivity index (χ0) is 51.2. The van der Waals surface area contributed by atoms with Gasteiger partial charge < -0.3 is 33.9 Å². The maximum absolute atomic E-state index is 16.6. The van der Waals surface area contributed by atoms with Gasteiger partial charge in [0.05, 0.1) is 43.4 Å². The molecule has 0 saturated carbocycles. The van der Waals surface area contributed by atoms with E-state index < -0.39 is 59.4 Å². The van der Waals surface area contributed by atoms with Gasteiger partial charge in [0.15, 0.2) is 0 Å². The summed E-state index contributed by atoms with van der Waals surface area (Å²) in [6, 6.07) is 40.0. The van der Waals surface area contributed by atoms with Gasteiger partial charge in [-0.3, -0.25) is 24.2 Å². The van der Waals surface area contributed by atoms with E-state index in [1.165, 1.54) is 7.11 Å². The maximum Gasteiger partial charge on any atom is 0.421 e. The maximum atomic E-state index is 16.6. The van der Waals surface area contributed by atoms with Gasteiger partial charge in [0, 0.05) is 57.8 Å². The Balaban J connectivity index is 1.20. The van der Waals surface area contributed by atoms with Gasteiger partial charge >= 0.3 is 12.1 Å². The van der Waals surface area contributed by atoms with Crippen molar-refractivity contribution in [3.8, 4) is 17.6 Å². The summed E-state index contributed by atoms with van der Waals surface area (Å²) in [6.07, 6.45) is 1.46. The number of methoxy groups -OCH3 is 1. The summed E-state index contributed by atoms with van der Waals surface area (Å²) in [5.41, 5.74) is 2.23. The molecule has 3 fully saturated rings. The molecule has 6 atom stereocenters. The van der Waals surface area contributed by atoms with Crippen molar-refractivity contribution in [1.29, 1.82) is 0 Å². The monoisotopic (exact) mass is 995 g/mol. The highest BCUT2D eigenvalue weighted by molar-refractivity contribution is 6.23. The Morgan fingerprint density at radius 2 is 1.46 bits per heavy atom. The number of benzene rings is 5. The number of aliphatic hydroxyl groups excluding tert-OH is 1. The fourth-order valence-electron chi connectivity index (χ4n) is 11.1. The number of cyclic esters (lactones) is 1. The molecule has 4 aliphatic heterocycles. The summed E-state index contributed by atoms with van der Waals surface area (Å²) in [5, 5.41) is 9.67. The highest BCUT2D eigenvalue weighted by Crippen LogP contribution is 2.66. The Bertz CT molecular complexity index is 3010. The minimum atomic E-state index is -2.01. The summed E-state index contributed by atoms with van der Waals surface area (Å²) in [5.74, 6) is 4.24. The number of morpholine rings is 1. The number of ether oxygens (including phenoxy) is 4. The summed E-state index contributed by atoms with van der Waals surface area (Å²) in [6.45, 7) is 1.98. The van der Waals surface area contributed by atoms with Crippen LogP contribution in [0.1, 0.15) is 51.6 Å². The van der Waals surface area contributed by atoms with Crippen LogP contribution in [-0.4, -0.2) is 133 Å². The number of carbonyl (C=O) groups excluding carboxylic acids is 4. The van der Waals surface area contributed by atoms with Crippen LogP contribution in [0.2, 0.25) is 0 Å². The van der Waals surface area contributed by atoms with Crippen LogP contribution in [0.4, 0.5) is 16.4 Å². The quantitative estimate of drug-likeness (QED) is 0.0753. The van der Waals surface area contributed by atoms with E-state index in [0.717, 1.165) is 16.0 Å². The minimum Gasteiger partial charge on any atom is -0.491 e. The first-order valence-electron chi connectivity index (χ1n) is 24.8. The number of amides is 3. The van der Waals surface area contributed by atoms with Crippen molar-refractivity contribution in [2.24, 2.45) is 5.92 Å². The molecule has 3 amide bonds. The molecule has 16 nitrogen and oxygen atoms in total. The van der Waals surface area contributed by atoms with E-state index in [9.17, 15) is 9.90 Å². The van der Waals surface area contributed by atoms with Gasteiger partial charge in [0.1, 0.15) is 36.5 Å². The molecule has 6 aromatic rings. The molecule has 0 aliphatic carbocycles. The lowest BCUT2D eigenvalue weighted by Gasteiger charge is -2.46. The lowest BCUT2D eigenvalue weighted by Crippen LogP contribution is -2.59. The van der Waals surface area contributed by atoms with Gasteiger partial charge in [-0.15, -0.1) is 0 Å². The fraction of sp³-hybridized carbons (Fsp3) is 0.310. The van der Waals surface area contributed by atoms with Gasteiger partial charge in [0.25, 0.3) is 0 Å². The van der Waals surface area contributed by atoms with Crippen molar-refractivity contribution >= 4 is 35.5 Å². The average Bonchev–Trinajstić information content (AvgIpc) is 3.96. The highest BCUT2D eigenvalue weighted by Gasteiger charge is 2.76. The third kappa shape index (κ3) is 9.46. The Morgan fingerprint density at radius 3 is 2.14 bits per heavy atom. The molecule has 1 aromatic heterocycles. The zero-order valence-electron chi connectivity index (χ0n) is 41.2. The molecular formula is C58H57N7O9. The van der Waals surface area contributed by atoms with Gasteiger partial charge in [-0.1, -0.05) is 115 Å². The summed E-state index contributed by atoms with van der Waals surface area (Å²) < 4.78 is 23.6. The molecule has 1 spiro atoms. The number of esters is 1. The molecule has 10 rings (SSSR count). The topological polar surface area (TPSA) is 167 Å². The van der Waals surface area contributed by atoms with E-state index in [2.05, 4.69) is 38.8 Å². The van der Waals surface area contributed by atoms with E-state index in [0.29, 0.717) is 60.1 Å². The molecule has 74 heavy (non-hydrogen) atoms. The second-order valence-electron chi connectivity index (χ2n) is 18.7. The standard InChI is InChI=1S/C58H57N7O9/c1-61(39-41-14-6-3-7-15-41)29-12-16-40-21-26-47-46(38-40)58(55(69)64(47)57(70)73-37-36-71-2)48(53(67)62-30-32-63(33-31-62)56-59-27-13-28-60-56)50-54(68)74-51(43-19-10-5-11-20-43)49(42-17-8-4-9-18-42)65(50)52(58)44-22-24-45(25-23-44)72-35-34-66/h3-11,13-15,17-28,38,48-52,66H,29-37,39H2,1-2H3/t48-,49-,50-,51+,52+,58-/m1/s1. The molecule has 4 aliphatic rings. The van der Waals surface area contributed by atoms with Crippen LogP contribution in [0.15, 0.2) is 152 Å². The van der Waals surface area contributed by atoms with Crippen molar-refractivity contribution in [1.82, 2.24) is 24.7 Å². The smallest absolute Gasteiger partial charge is 0.421 e. The molecule has 0 unspecified atom stereocenters. The van der Waals surface area contributed by atoms with Crippen LogP contribution in [0.3, 0.4) is 0 Å². The van der Waals surface area contributed by atoms with Crippen LogP contribution in [0, 0.1) is 17.8 Å². The lowest BCUT2D eigenvalue weighted by molar-refractivity contribution is -0.179. The summed E-state index contributed by atoms with van der Waals surface area (Å²) in [7, 11) is 3.47. The predicted molar refractivity (Wildman–Crippen MR) is 275 cm³/mol. The Labute approximate surface area is 430 Å². The van der Waals surface area contributed by atoms with Crippen LogP contribution >= 0.6 is 0 Å². The van der Waals surface area contributed by atoms with Crippen molar-refractivity contribution < 1.29 is 43.2 Å². The molecular weight excluding hydrogens is 939 g/mol. The number of aliphatic hydroxyl groups is 1. The van der Waals surface area contributed by atoms with E-state index in [4.69, 9.17) is 18.9 Å². The summed E-state index contributed by atoms with van der Waals surface area (Å²) >= 11 is 0. The number of rotatable bonds is 14. The third-order valence-electron chi connectivity index (χ3n) is 14.3. The number of anilines is 2. The van der Waals surface area contributed by atoms with Crippen molar-refractivity contribution in [3.63, 3.8) is 0 Å². The van der Waals surface area contributed by atoms with Crippen LogP contribution in [0.5, 0.6) is 5.75 Å². The van der Waals surface area contributed by atoms with E-state index in [1.54, 1.807) is 53.7 Å². The fourth-order valence-corrected chi connectivity index (χ4v) is 11.1. The van der Waals surface area contributed by atoms with Crippen molar-refractivity contribution in [3.05, 3.63) is 185 Å². The van der Waals surface area contributed by atoms with E-state index in [1.807, 2.05) is 108 Å². The SMILES string of the molecule is COCCOC(=O)N1C(=O)[C@@]2(c3cc(C#CCN(C)Cc4ccccc4)ccc31)[C@H](c1ccc(OCCO)cc1)N1[C@H](c3ccccc3)[C@H](c3ccccc3)OC(=O)[C@H]1[C@@H]2C(=O)N1CCN(c2ncccn2)CC1. The number of piperazine rings is 1. The zero-order valence-corrected chi connectivity index (χ0v) is 41.2. The first kappa shape index (κ1) is 49.6. The minimum absolute atomic E-state index is 0.0414. The number of aromatic nitrogens is 2. The van der Waals surface area contributed by atoms with Crippen molar-refractivity contribution in [2.45, 2.75) is 36.2 Å². The predicted octanol–water partition coefficient (Wildman–Crippen LogP) is 6.13. The molecule has 5 heterocycles. The van der Waals surface area contributed by atoms with Crippen LogP contribution in [0.25, 0.3) is 0 Å². The first-order chi connectivity index (χ1) is 36.2. The highest BCUT2D eigenvalue weighted by atomic mass is 16.6. The number of nitrogens with zero attached hydrogens (tertiary/aromatic N) is 7. The van der Waals surface area contributed by atoms with E-state index >= 15 is 14.4 Å². The summed E-state index contributed by atoms with van der Waals surface area (Å²) in [4.78, 5) is 81.0. The Hall–Kier alpha value is -7.94. The second kappa shape index (κ2) is 22.0. The normalized spacial score (nSPS) is 22.2. The Morgan fingerprint density at radius 1 is 0.784 bits per heavy atom. The van der Waals surface area contributed by atoms with Gasteiger partial charge in [-0.05, 0) is 71.3 Å². The van der Waals surface area contributed by atoms with E-state index in [-0.39, 0.29) is 45.2 Å². The number of imide groups is 1. The van der Waals surface area contributed by atoms with Crippen LogP contribution < -0.4 is 14.5 Å². The van der Waals surface area contributed by atoms with Gasteiger partial charge in [0.2, 0.25) is 17.8 Å². The molecule has 0 radical (unpaired) electrons. The number of hydrogen-bond donors (Lipinski definition) is 1. The second-order valence-corrected chi connectivity index (χ2v) is 18.7. The first-order valence-corrected chi connectivity index (χ1v) is 24.8. The van der Waals surface area contributed by atoms with Crippen LogP contribution in [-0.2, 0) is 40.6 Å². The average molecular weight is 996 g/mol. The number of hydrogen-bond acceptors (Lipinski definition) is 14. The molecule has 378 valence electrons. The molecule has 0 bridgehead atoms. The molecule has 16 heteroatoms. The molecule has 1 N–H and O–H groups in total. The largest absolute Gasteiger partial charge is 0.491 e. The molecule has 3 saturated heterocycles. The number of fused-ring (bicyclic) bond motifs is 3. The third-order valence-corrected chi connectivity index (χ3v) is 14.3. The van der Waals surface area contributed by atoms with Crippen molar-refractivity contribution in [2.75, 3.05) is 83.1 Å². The lowest BCUT2D eigenvalue weighted by atomic mass is 9.65. The Kier molecular flexibility index (Phi) is 14.8. The number of carbonyl (C=O) groups is 4. The molecule has 5 aromatic carbocycles. The van der Waals surface area contributed by atoms with Gasteiger partial charge in [-0.2, -0.15) is 0 Å².